The first-order valence-electron chi connectivity index (χ1n) is 11.0. The first-order chi connectivity index (χ1) is 17.2. The summed E-state index contributed by atoms with van der Waals surface area (Å²) in [6, 6.07) is 11.6. The van der Waals surface area contributed by atoms with E-state index in [0.717, 1.165) is 17.0 Å². The predicted molar refractivity (Wildman–Crippen MR) is 127 cm³/mol. The number of nitrogens with zero attached hydrogens (tertiary/aromatic N) is 4. The van der Waals surface area contributed by atoms with Gasteiger partial charge in [0.1, 0.15) is 11.5 Å². The van der Waals surface area contributed by atoms with Gasteiger partial charge in [0.2, 0.25) is 0 Å². The van der Waals surface area contributed by atoms with Crippen molar-refractivity contribution in [3.05, 3.63) is 97.6 Å². The summed E-state index contributed by atoms with van der Waals surface area (Å²) in [5.74, 6) is -0.620. The Labute approximate surface area is 207 Å². The Morgan fingerprint density at radius 3 is 2.50 bits per heavy atom. The van der Waals surface area contributed by atoms with Crippen molar-refractivity contribution < 1.29 is 22.9 Å². The molecular formula is C25H17F3N4O3S. The van der Waals surface area contributed by atoms with E-state index in [1.54, 1.807) is 29.1 Å². The third kappa shape index (κ3) is 3.79. The average Bonchev–Trinajstić information content (AvgIpc) is 3.56. The number of benzene rings is 1. The van der Waals surface area contributed by atoms with Crippen molar-refractivity contribution in [3.8, 4) is 6.07 Å². The molecule has 0 saturated heterocycles. The number of nitro groups is 1. The number of aromatic nitrogens is 1. The molecule has 1 aliphatic heterocycles. The van der Waals surface area contributed by atoms with Crippen LogP contribution in [-0.2, 0) is 11.0 Å². The van der Waals surface area contributed by atoms with Crippen molar-refractivity contribution in [3.63, 3.8) is 0 Å². The van der Waals surface area contributed by atoms with Gasteiger partial charge in [-0.15, -0.1) is 11.3 Å². The number of allylic oxidation sites excluding steroid dienone is 3. The Balaban J connectivity index is 1.86. The number of nitro benzene ring substituents is 1. The minimum Gasteiger partial charge on any atom is -0.309 e. The van der Waals surface area contributed by atoms with Gasteiger partial charge in [-0.25, -0.2) is 0 Å². The Hall–Kier alpha value is -4.17. The summed E-state index contributed by atoms with van der Waals surface area (Å²) in [6.45, 7) is 0. The molecule has 2 aliphatic rings. The molecule has 2 aromatic heterocycles. The quantitative estimate of drug-likeness (QED) is 0.296. The maximum atomic E-state index is 13.4. The monoisotopic (exact) mass is 510 g/mol. The van der Waals surface area contributed by atoms with Crippen molar-refractivity contribution in [2.75, 3.05) is 4.90 Å². The summed E-state index contributed by atoms with van der Waals surface area (Å²) in [4.78, 5) is 26.6. The van der Waals surface area contributed by atoms with Crippen molar-refractivity contribution in [1.82, 2.24) is 4.57 Å². The van der Waals surface area contributed by atoms with E-state index < -0.39 is 28.3 Å². The minimum absolute atomic E-state index is 0.142. The molecule has 0 bridgehead atoms. The molecule has 11 heteroatoms. The van der Waals surface area contributed by atoms with Crippen LogP contribution < -0.4 is 4.90 Å². The first kappa shape index (κ1) is 23.6. The Morgan fingerprint density at radius 2 is 1.89 bits per heavy atom. The van der Waals surface area contributed by atoms with E-state index >= 15 is 0 Å². The number of nitriles is 1. The molecule has 0 spiro atoms. The van der Waals surface area contributed by atoms with Crippen molar-refractivity contribution >= 4 is 34.3 Å². The molecule has 0 amide bonds. The normalized spacial score (nSPS) is 18.3. The lowest BCUT2D eigenvalue weighted by molar-refractivity contribution is -0.384. The molecule has 3 aromatic rings. The summed E-state index contributed by atoms with van der Waals surface area (Å²) in [7, 11) is 0. The van der Waals surface area contributed by atoms with E-state index in [2.05, 4.69) is 6.07 Å². The lowest BCUT2D eigenvalue weighted by Gasteiger charge is -2.40. The van der Waals surface area contributed by atoms with E-state index in [1.807, 2.05) is 17.5 Å². The zero-order valence-electron chi connectivity index (χ0n) is 18.5. The second kappa shape index (κ2) is 8.80. The highest BCUT2D eigenvalue weighted by molar-refractivity contribution is 7.10. The van der Waals surface area contributed by atoms with E-state index in [1.165, 1.54) is 16.2 Å². The number of halogens is 3. The van der Waals surface area contributed by atoms with Crippen LogP contribution in [0.15, 0.2) is 77.1 Å². The van der Waals surface area contributed by atoms with E-state index in [9.17, 15) is 33.3 Å². The molecule has 7 nitrogen and oxygen atoms in total. The van der Waals surface area contributed by atoms with Gasteiger partial charge in [-0.2, -0.15) is 18.4 Å². The van der Waals surface area contributed by atoms with Crippen LogP contribution >= 0.6 is 11.3 Å². The number of carbonyl (C=O) groups excluding carboxylic acids is 1. The molecule has 0 N–H and O–H groups in total. The van der Waals surface area contributed by atoms with Crippen LogP contribution in [0.25, 0.3) is 5.82 Å². The largest absolute Gasteiger partial charge is 0.416 e. The summed E-state index contributed by atoms with van der Waals surface area (Å²) >= 11 is 1.38. The molecule has 3 heterocycles. The van der Waals surface area contributed by atoms with Crippen LogP contribution in [0.1, 0.15) is 35.6 Å². The van der Waals surface area contributed by atoms with Crippen LogP contribution in [0.5, 0.6) is 0 Å². The second-order valence-corrected chi connectivity index (χ2v) is 9.30. The molecule has 0 saturated carbocycles. The van der Waals surface area contributed by atoms with E-state index in [0.29, 0.717) is 30.2 Å². The molecule has 1 atom stereocenters. The van der Waals surface area contributed by atoms with Crippen molar-refractivity contribution in [1.29, 1.82) is 5.26 Å². The van der Waals surface area contributed by atoms with E-state index in [4.69, 9.17) is 0 Å². The molecule has 5 rings (SSSR count). The molecule has 1 aromatic carbocycles. The zero-order chi connectivity index (χ0) is 25.6. The number of thiophene rings is 1. The van der Waals surface area contributed by atoms with Crippen molar-refractivity contribution in [2.24, 2.45) is 0 Å². The Morgan fingerprint density at radius 1 is 1.14 bits per heavy atom. The number of hydrogen-bond acceptors (Lipinski definition) is 6. The number of Topliss-reactive ketones (excluding diaryl/α,β-unsaturated/α-hetero) is 1. The lowest BCUT2D eigenvalue weighted by Crippen LogP contribution is -2.36. The van der Waals surface area contributed by atoms with Gasteiger partial charge in [-0.05, 0) is 48.6 Å². The molecule has 0 radical (unpaired) electrons. The van der Waals surface area contributed by atoms with Gasteiger partial charge in [0.25, 0.3) is 5.69 Å². The third-order valence-corrected chi connectivity index (χ3v) is 7.20. The highest BCUT2D eigenvalue weighted by Gasteiger charge is 2.44. The number of anilines is 1. The number of ketones is 1. The zero-order valence-corrected chi connectivity index (χ0v) is 19.3. The third-order valence-electron chi connectivity index (χ3n) is 6.27. The maximum Gasteiger partial charge on any atom is 0.416 e. The predicted octanol–water partition coefficient (Wildman–Crippen LogP) is 6.48. The van der Waals surface area contributed by atoms with Gasteiger partial charge in [0, 0.05) is 41.0 Å². The SMILES string of the molecule is N#CC1=C(n2cccc2)N(c2ccc(C(F)(F)F)cc2[N+](=O)[O-])C2=C(C(=O)CCC2)C1c1cccs1. The second-order valence-electron chi connectivity index (χ2n) is 8.32. The summed E-state index contributed by atoms with van der Waals surface area (Å²) in [6.07, 6.45) is -0.390. The summed E-state index contributed by atoms with van der Waals surface area (Å²) < 4.78 is 41.8. The highest BCUT2D eigenvalue weighted by atomic mass is 32.1. The van der Waals surface area contributed by atoms with Crippen LogP contribution in [0, 0.1) is 21.4 Å². The average molecular weight is 510 g/mol. The maximum absolute atomic E-state index is 13.4. The fourth-order valence-corrected chi connectivity index (χ4v) is 5.65. The topological polar surface area (TPSA) is 92.2 Å². The fourth-order valence-electron chi connectivity index (χ4n) is 4.81. The smallest absolute Gasteiger partial charge is 0.309 e. The van der Waals surface area contributed by atoms with E-state index in [-0.39, 0.29) is 29.3 Å². The van der Waals surface area contributed by atoms with Gasteiger partial charge in [0.05, 0.1) is 28.0 Å². The van der Waals surface area contributed by atoms with Gasteiger partial charge < -0.3 is 4.57 Å². The molecule has 0 fully saturated rings. The molecule has 1 aliphatic carbocycles. The first-order valence-corrected chi connectivity index (χ1v) is 11.8. The van der Waals surface area contributed by atoms with Gasteiger partial charge >= 0.3 is 6.18 Å². The number of alkyl halides is 3. The van der Waals surface area contributed by atoms with Gasteiger partial charge in [-0.3, -0.25) is 19.8 Å². The number of carbonyl (C=O) groups is 1. The Kier molecular flexibility index (Phi) is 5.76. The van der Waals surface area contributed by atoms with Crippen LogP contribution in [0.2, 0.25) is 0 Å². The minimum atomic E-state index is -4.78. The van der Waals surface area contributed by atoms with Gasteiger partial charge in [0.15, 0.2) is 5.78 Å². The molecule has 182 valence electrons. The fraction of sp³-hybridized carbons (Fsp3) is 0.200. The molecule has 1 unspecified atom stereocenters. The lowest BCUT2D eigenvalue weighted by atomic mass is 9.78. The van der Waals surface area contributed by atoms with Gasteiger partial charge in [-0.1, -0.05) is 6.07 Å². The number of hydrogen-bond donors (Lipinski definition) is 0. The number of rotatable bonds is 4. The molecular weight excluding hydrogens is 493 g/mol. The van der Waals surface area contributed by atoms with Crippen LogP contribution in [-0.4, -0.2) is 15.3 Å². The standard InChI is InChI=1S/C25H17F3N4O3S/c26-25(27,28)15-8-9-17(19(13-15)32(34)35)31-18-5-3-6-20(33)23(18)22(21-7-4-12-36-21)16(14-29)24(31)30-10-1-2-11-30/h1-2,4,7-13,22H,3,5-6H2. The molecule has 36 heavy (non-hydrogen) atoms. The summed E-state index contributed by atoms with van der Waals surface area (Å²) in [5.41, 5.74) is -1.09. The van der Waals surface area contributed by atoms with Crippen molar-refractivity contribution in [2.45, 2.75) is 31.4 Å². The Bertz CT molecular complexity index is 1460. The van der Waals surface area contributed by atoms with Crippen LogP contribution in [0.4, 0.5) is 24.5 Å². The van der Waals surface area contributed by atoms with Crippen LogP contribution in [0.3, 0.4) is 0 Å². The summed E-state index contributed by atoms with van der Waals surface area (Å²) in [5, 5.41) is 24.2. The highest BCUT2D eigenvalue weighted by Crippen LogP contribution is 2.51.